The van der Waals surface area contributed by atoms with Crippen molar-refractivity contribution >= 4 is 57.9 Å². The maximum atomic E-state index is 12.8. The number of pyridine rings is 1. The molecule has 1 saturated heterocycles. The van der Waals surface area contributed by atoms with Gasteiger partial charge in [-0.2, -0.15) is 0 Å². The number of thioether (sulfide) groups is 1. The van der Waals surface area contributed by atoms with Crippen LogP contribution in [-0.2, 0) is 4.79 Å². The first-order chi connectivity index (χ1) is 14.4. The van der Waals surface area contributed by atoms with Crippen LogP contribution in [-0.4, -0.2) is 27.5 Å². The van der Waals surface area contributed by atoms with E-state index >= 15 is 0 Å². The van der Waals surface area contributed by atoms with Crippen LogP contribution in [0.25, 0.3) is 17.4 Å². The maximum Gasteiger partial charge on any atom is 0.266 e. The van der Waals surface area contributed by atoms with Gasteiger partial charge in [-0.3, -0.25) is 9.69 Å². The number of hydrogen-bond acceptors (Lipinski definition) is 5. The number of nitrogens with zero attached hydrogens (tertiary/aromatic N) is 3. The molecule has 4 rings (SSSR count). The third kappa shape index (κ3) is 4.31. The Morgan fingerprint density at radius 3 is 2.73 bits per heavy atom. The molecule has 2 aromatic heterocycles. The molecule has 1 amide bonds. The molecule has 0 spiro atoms. The molecular formula is C22H17Cl2N3O2S. The highest BCUT2D eigenvalue weighted by Gasteiger charge is 2.32. The molecule has 1 aliphatic heterocycles. The van der Waals surface area contributed by atoms with E-state index in [4.69, 9.17) is 27.6 Å². The normalized spacial score (nSPS) is 16.8. The summed E-state index contributed by atoms with van der Waals surface area (Å²) in [4.78, 5) is 23.9. The largest absolute Gasteiger partial charge is 0.457 e. The lowest BCUT2D eigenvalue weighted by atomic mass is 10.2. The summed E-state index contributed by atoms with van der Waals surface area (Å²) in [5.74, 6) is 1.67. The molecule has 0 saturated carbocycles. The molecule has 0 radical (unpaired) electrons. The minimum absolute atomic E-state index is 0.110. The van der Waals surface area contributed by atoms with E-state index in [0.29, 0.717) is 44.0 Å². The van der Waals surface area contributed by atoms with Gasteiger partial charge in [-0.1, -0.05) is 29.3 Å². The van der Waals surface area contributed by atoms with Crippen LogP contribution in [0.15, 0.2) is 62.8 Å². The minimum Gasteiger partial charge on any atom is -0.457 e. The zero-order valence-electron chi connectivity index (χ0n) is 16.2. The van der Waals surface area contributed by atoms with Crippen LogP contribution < -0.4 is 0 Å². The van der Waals surface area contributed by atoms with Crippen LogP contribution in [0.4, 0.5) is 5.82 Å². The van der Waals surface area contributed by atoms with Gasteiger partial charge in [-0.05, 0) is 68.1 Å². The third-order valence-electron chi connectivity index (χ3n) is 4.39. The predicted molar refractivity (Wildman–Crippen MR) is 123 cm³/mol. The number of aliphatic imine (C=N–C) groups is 1. The second-order valence-electron chi connectivity index (χ2n) is 6.52. The monoisotopic (exact) mass is 457 g/mol. The average Bonchev–Trinajstić information content (AvgIpc) is 3.29. The Morgan fingerprint density at radius 2 is 2.00 bits per heavy atom. The van der Waals surface area contributed by atoms with Crippen LogP contribution in [0.3, 0.4) is 0 Å². The highest BCUT2D eigenvalue weighted by molar-refractivity contribution is 8.18. The topological polar surface area (TPSA) is 58.7 Å². The number of carbonyl (C=O) groups is 1. The molecule has 8 heteroatoms. The molecule has 3 heterocycles. The maximum absolute atomic E-state index is 12.8. The fourth-order valence-electron chi connectivity index (χ4n) is 2.92. The molecule has 0 bridgehead atoms. The molecular weight excluding hydrogens is 441 g/mol. The summed E-state index contributed by atoms with van der Waals surface area (Å²) < 4.78 is 5.90. The molecule has 152 valence electrons. The van der Waals surface area contributed by atoms with Crippen molar-refractivity contribution in [2.75, 3.05) is 6.54 Å². The van der Waals surface area contributed by atoms with Crippen molar-refractivity contribution in [2.24, 2.45) is 4.99 Å². The van der Waals surface area contributed by atoms with Gasteiger partial charge in [0.1, 0.15) is 11.5 Å². The summed E-state index contributed by atoms with van der Waals surface area (Å²) in [7, 11) is 0. The second-order valence-corrected chi connectivity index (χ2v) is 8.35. The van der Waals surface area contributed by atoms with Crippen molar-refractivity contribution in [1.29, 1.82) is 0 Å². The van der Waals surface area contributed by atoms with E-state index in [1.165, 1.54) is 11.8 Å². The summed E-state index contributed by atoms with van der Waals surface area (Å²) in [6, 6.07) is 14.6. The molecule has 0 aliphatic carbocycles. The first-order valence-corrected chi connectivity index (χ1v) is 10.8. The SMILES string of the molecule is CCN1C(=O)/C(=C\c2ccc(-c3ccc(Cl)c(Cl)c3)o2)S/C1=N/c1cccc(C)n1. The average molecular weight is 458 g/mol. The summed E-state index contributed by atoms with van der Waals surface area (Å²) in [5.41, 5.74) is 1.68. The van der Waals surface area contributed by atoms with E-state index in [9.17, 15) is 4.79 Å². The summed E-state index contributed by atoms with van der Waals surface area (Å²) in [6.45, 7) is 4.33. The second kappa shape index (κ2) is 8.68. The molecule has 1 aliphatic rings. The van der Waals surface area contributed by atoms with E-state index in [2.05, 4.69) is 9.98 Å². The molecule has 3 aromatic rings. The fourth-order valence-corrected chi connectivity index (χ4v) is 4.25. The molecule has 1 fully saturated rings. The van der Waals surface area contributed by atoms with Crippen LogP contribution in [0.1, 0.15) is 18.4 Å². The summed E-state index contributed by atoms with van der Waals surface area (Å²) in [5, 5.41) is 1.54. The van der Waals surface area contributed by atoms with Gasteiger partial charge >= 0.3 is 0 Å². The first kappa shape index (κ1) is 20.7. The highest BCUT2D eigenvalue weighted by Crippen LogP contribution is 2.35. The Balaban J connectivity index is 1.62. The number of likely N-dealkylation sites (N-methyl/N-ethyl adjacent to an activating group) is 1. The van der Waals surface area contributed by atoms with Crippen molar-refractivity contribution in [3.05, 3.63) is 74.9 Å². The van der Waals surface area contributed by atoms with E-state index in [1.54, 1.807) is 23.1 Å². The van der Waals surface area contributed by atoms with Gasteiger partial charge in [0.05, 0.1) is 15.0 Å². The zero-order valence-corrected chi connectivity index (χ0v) is 18.6. The quantitative estimate of drug-likeness (QED) is 0.415. The number of aryl methyl sites for hydroxylation is 1. The number of hydrogen-bond donors (Lipinski definition) is 0. The van der Waals surface area contributed by atoms with Gasteiger partial charge in [-0.15, -0.1) is 0 Å². The van der Waals surface area contributed by atoms with Crippen molar-refractivity contribution in [2.45, 2.75) is 13.8 Å². The lowest BCUT2D eigenvalue weighted by Gasteiger charge is -2.11. The van der Waals surface area contributed by atoms with Crippen LogP contribution in [0.5, 0.6) is 0 Å². The highest BCUT2D eigenvalue weighted by atomic mass is 35.5. The molecule has 0 unspecified atom stereocenters. The lowest BCUT2D eigenvalue weighted by molar-refractivity contribution is -0.122. The smallest absolute Gasteiger partial charge is 0.266 e. The molecule has 0 N–H and O–H groups in total. The number of benzene rings is 1. The van der Waals surface area contributed by atoms with Crippen molar-refractivity contribution in [1.82, 2.24) is 9.88 Å². The Kier molecular flexibility index (Phi) is 5.99. The fraction of sp³-hybridized carbons (Fsp3) is 0.136. The first-order valence-electron chi connectivity index (χ1n) is 9.23. The predicted octanol–water partition coefficient (Wildman–Crippen LogP) is 6.58. The van der Waals surface area contributed by atoms with Gasteiger partial charge < -0.3 is 4.42 Å². The zero-order chi connectivity index (χ0) is 21.3. The number of amidine groups is 1. The molecule has 30 heavy (non-hydrogen) atoms. The van der Waals surface area contributed by atoms with Crippen molar-refractivity contribution in [3.63, 3.8) is 0 Å². The van der Waals surface area contributed by atoms with E-state index in [-0.39, 0.29) is 5.91 Å². The standard InChI is InChI=1S/C22H17Cl2N3O2S/c1-3-27-21(28)19(30-22(27)26-20-6-4-5-13(2)25-20)12-15-8-10-18(29-15)14-7-9-16(23)17(24)11-14/h4-12H,3H2,1-2H3/b19-12+,26-22+. The van der Waals surface area contributed by atoms with Crippen molar-refractivity contribution in [3.8, 4) is 11.3 Å². The Labute approximate surface area is 188 Å². The van der Waals surface area contributed by atoms with Gasteiger partial charge in [0.15, 0.2) is 11.0 Å². The summed E-state index contributed by atoms with van der Waals surface area (Å²) in [6.07, 6.45) is 1.73. The third-order valence-corrected chi connectivity index (χ3v) is 6.14. The van der Waals surface area contributed by atoms with E-state index in [0.717, 1.165) is 11.3 Å². The number of rotatable bonds is 4. The lowest BCUT2D eigenvalue weighted by Crippen LogP contribution is -2.28. The number of furan rings is 1. The number of halogens is 2. The Bertz CT molecular complexity index is 1190. The van der Waals surface area contributed by atoms with Gasteiger partial charge in [0, 0.05) is 23.9 Å². The van der Waals surface area contributed by atoms with Crippen LogP contribution in [0.2, 0.25) is 10.0 Å². The van der Waals surface area contributed by atoms with Gasteiger partial charge in [-0.25, -0.2) is 9.98 Å². The molecule has 0 atom stereocenters. The molecule has 5 nitrogen and oxygen atoms in total. The van der Waals surface area contributed by atoms with Gasteiger partial charge in [0.25, 0.3) is 5.91 Å². The Morgan fingerprint density at radius 1 is 1.17 bits per heavy atom. The Hall–Kier alpha value is -2.54. The van der Waals surface area contributed by atoms with E-state index < -0.39 is 0 Å². The number of amides is 1. The van der Waals surface area contributed by atoms with Crippen molar-refractivity contribution < 1.29 is 9.21 Å². The summed E-state index contributed by atoms with van der Waals surface area (Å²) >= 11 is 13.4. The van der Waals surface area contributed by atoms with Crippen LogP contribution in [0, 0.1) is 6.92 Å². The van der Waals surface area contributed by atoms with E-state index in [1.807, 2.05) is 50.2 Å². The van der Waals surface area contributed by atoms with Gasteiger partial charge in [0.2, 0.25) is 0 Å². The number of aromatic nitrogens is 1. The molecule has 1 aromatic carbocycles. The number of carbonyl (C=O) groups excluding carboxylic acids is 1. The van der Waals surface area contributed by atoms with Crippen LogP contribution >= 0.6 is 35.0 Å². The minimum atomic E-state index is -0.110.